The van der Waals surface area contributed by atoms with Crippen LogP contribution in [-0.2, 0) is 5.41 Å². The molecule has 6 nitrogen and oxygen atoms in total. The van der Waals surface area contributed by atoms with Gasteiger partial charge in [0.2, 0.25) is 0 Å². The second-order valence-electron chi connectivity index (χ2n) is 13.1. The molecule has 0 saturated carbocycles. The minimum atomic E-state index is -0.870. The van der Waals surface area contributed by atoms with Crippen molar-refractivity contribution in [2.45, 2.75) is 68.9 Å². The Kier molecular flexibility index (Phi) is 8.66. The third kappa shape index (κ3) is 6.32. The molecule has 0 aliphatic carbocycles. The number of carbonyl (C=O) groups is 2. The molecule has 0 aromatic heterocycles. The van der Waals surface area contributed by atoms with Gasteiger partial charge in [0.05, 0.1) is 12.1 Å². The molecular formula is C39H42N2O4. The summed E-state index contributed by atoms with van der Waals surface area (Å²) >= 11 is 0. The summed E-state index contributed by atoms with van der Waals surface area (Å²) in [6.07, 6.45) is 1.44. The molecule has 2 amide bonds. The zero-order valence-corrected chi connectivity index (χ0v) is 26.0. The molecule has 232 valence electrons. The van der Waals surface area contributed by atoms with Gasteiger partial charge in [-0.25, -0.2) is 9.59 Å². The Labute approximate surface area is 265 Å². The summed E-state index contributed by atoms with van der Waals surface area (Å²) in [7, 11) is 0. The number of amides is 2. The maximum atomic E-state index is 12.2. The van der Waals surface area contributed by atoms with Crippen molar-refractivity contribution >= 4 is 12.2 Å². The summed E-state index contributed by atoms with van der Waals surface area (Å²) in [5.41, 5.74) is 6.57. The van der Waals surface area contributed by atoms with E-state index in [1.54, 1.807) is 9.80 Å². The second-order valence-corrected chi connectivity index (χ2v) is 13.1. The number of likely N-dealkylation sites (tertiary alicyclic amines) is 2. The lowest BCUT2D eigenvalue weighted by Crippen LogP contribution is -2.39. The van der Waals surface area contributed by atoms with Gasteiger partial charge in [-0.2, -0.15) is 0 Å². The first-order valence-electron chi connectivity index (χ1n) is 16.0. The maximum Gasteiger partial charge on any atom is 0.407 e. The molecule has 2 aliphatic rings. The molecule has 2 fully saturated rings. The van der Waals surface area contributed by atoms with Gasteiger partial charge in [-0.3, -0.25) is 0 Å². The Bertz CT molecular complexity index is 1480. The molecule has 6 rings (SSSR count). The molecule has 6 heteroatoms. The summed E-state index contributed by atoms with van der Waals surface area (Å²) in [4.78, 5) is 27.5. The van der Waals surface area contributed by atoms with E-state index in [1.165, 1.54) is 11.1 Å². The molecule has 4 atom stereocenters. The lowest BCUT2D eigenvalue weighted by atomic mass is 9.76. The molecule has 2 N–H and O–H groups in total. The molecule has 0 radical (unpaired) electrons. The Morgan fingerprint density at radius 3 is 1.24 bits per heavy atom. The predicted octanol–water partition coefficient (Wildman–Crippen LogP) is 9.21. The van der Waals surface area contributed by atoms with E-state index in [4.69, 9.17) is 0 Å². The van der Waals surface area contributed by atoms with Crippen LogP contribution in [0.3, 0.4) is 0 Å². The molecule has 45 heavy (non-hydrogen) atoms. The fourth-order valence-electron chi connectivity index (χ4n) is 7.49. The smallest absolute Gasteiger partial charge is 0.407 e. The van der Waals surface area contributed by atoms with Gasteiger partial charge in [0.15, 0.2) is 0 Å². The van der Waals surface area contributed by atoms with Gasteiger partial charge in [0.1, 0.15) is 0 Å². The quantitative estimate of drug-likeness (QED) is 0.231. The van der Waals surface area contributed by atoms with Crippen LogP contribution >= 0.6 is 0 Å². The highest BCUT2D eigenvalue weighted by Gasteiger charge is 2.35. The maximum absolute atomic E-state index is 12.2. The van der Waals surface area contributed by atoms with Crippen LogP contribution in [0.4, 0.5) is 9.59 Å². The van der Waals surface area contributed by atoms with E-state index in [2.05, 4.69) is 111 Å². The lowest BCUT2D eigenvalue weighted by molar-refractivity contribution is 0.0998. The standard InChI is InChI=1S/C39H42N2O4/c1-39(2,33-17-13-29(14-18-33)35-25-31(21-23-40(35)37(42)43)27-9-5-3-6-10-27)34-19-15-30(16-20-34)36-26-32(22-24-41(36)38(44)45)28-11-7-4-8-12-28/h3-20,31-32,35-36H,21-26H2,1-2H3,(H,42,43)(H,44,45). The van der Waals surface area contributed by atoms with E-state index in [1.807, 2.05) is 12.1 Å². The van der Waals surface area contributed by atoms with Crippen molar-refractivity contribution in [1.82, 2.24) is 9.80 Å². The topological polar surface area (TPSA) is 81.1 Å². The first kappa shape index (κ1) is 30.4. The minimum absolute atomic E-state index is 0.190. The van der Waals surface area contributed by atoms with Crippen molar-refractivity contribution in [3.63, 3.8) is 0 Å². The van der Waals surface area contributed by atoms with Crippen LogP contribution in [0, 0.1) is 0 Å². The first-order valence-corrected chi connectivity index (χ1v) is 16.0. The van der Waals surface area contributed by atoms with Crippen molar-refractivity contribution in [1.29, 1.82) is 0 Å². The average molecular weight is 603 g/mol. The van der Waals surface area contributed by atoms with Crippen molar-refractivity contribution < 1.29 is 19.8 Å². The molecule has 0 bridgehead atoms. The fourth-order valence-corrected chi connectivity index (χ4v) is 7.49. The number of hydrogen-bond acceptors (Lipinski definition) is 2. The number of benzene rings is 4. The third-order valence-corrected chi connectivity index (χ3v) is 10.3. The van der Waals surface area contributed by atoms with E-state index < -0.39 is 12.2 Å². The molecule has 2 saturated heterocycles. The van der Waals surface area contributed by atoms with E-state index >= 15 is 0 Å². The summed E-state index contributed by atoms with van der Waals surface area (Å²) < 4.78 is 0. The highest BCUT2D eigenvalue weighted by atomic mass is 16.4. The van der Waals surface area contributed by atoms with Gasteiger partial charge in [0, 0.05) is 18.5 Å². The van der Waals surface area contributed by atoms with Crippen LogP contribution in [0.25, 0.3) is 0 Å². The molecular weight excluding hydrogens is 560 g/mol. The summed E-state index contributed by atoms with van der Waals surface area (Å²) in [6, 6.07) is 37.3. The van der Waals surface area contributed by atoms with E-state index in [0.29, 0.717) is 24.9 Å². The van der Waals surface area contributed by atoms with Gasteiger partial charge in [-0.05, 0) is 70.9 Å². The van der Waals surface area contributed by atoms with Gasteiger partial charge < -0.3 is 20.0 Å². The summed E-state index contributed by atoms with van der Waals surface area (Å²) in [6.45, 7) is 5.43. The number of carboxylic acid groups (broad SMARTS) is 2. The second kappa shape index (κ2) is 12.8. The van der Waals surface area contributed by atoms with Crippen LogP contribution in [-0.4, -0.2) is 45.3 Å². The number of rotatable bonds is 6. The lowest BCUT2D eigenvalue weighted by Gasteiger charge is -2.39. The summed E-state index contributed by atoms with van der Waals surface area (Å²) in [5, 5.41) is 20.0. The molecule has 4 aromatic rings. The monoisotopic (exact) mass is 602 g/mol. The predicted molar refractivity (Wildman–Crippen MR) is 177 cm³/mol. The van der Waals surface area contributed by atoms with Gasteiger partial charge in [0.25, 0.3) is 0 Å². The zero-order valence-electron chi connectivity index (χ0n) is 26.0. The molecule has 2 heterocycles. The Morgan fingerprint density at radius 1 is 0.556 bits per heavy atom. The van der Waals surface area contributed by atoms with Crippen molar-refractivity contribution in [3.8, 4) is 0 Å². The van der Waals surface area contributed by atoms with E-state index in [0.717, 1.165) is 47.9 Å². The average Bonchev–Trinajstić information content (AvgIpc) is 3.08. The highest BCUT2D eigenvalue weighted by Crippen LogP contribution is 2.42. The Balaban J connectivity index is 1.21. The van der Waals surface area contributed by atoms with Gasteiger partial charge in [-0.15, -0.1) is 0 Å². The molecule has 4 aromatic carbocycles. The fraction of sp³-hybridized carbons (Fsp3) is 0.333. The first-order chi connectivity index (χ1) is 21.7. The summed E-state index contributed by atoms with van der Waals surface area (Å²) in [5.74, 6) is 0.649. The Hall–Kier alpha value is -4.58. The molecule has 4 unspecified atom stereocenters. The van der Waals surface area contributed by atoms with E-state index in [9.17, 15) is 19.8 Å². The van der Waals surface area contributed by atoms with Crippen LogP contribution in [0.1, 0.15) is 96.8 Å². The van der Waals surface area contributed by atoms with Crippen LogP contribution < -0.4 is 0 Å². The molecule has 2 aliphatic heterocycles. The highest BCUT2D eigenvalue weighted by molar-refractivity contribution is 5.66. The van der Waals surface area contributed by atoms with Crippen molar-refractivity contribution in [2.75, 3.05) is 13.1 Å². The molecule has 0 spiro atoms. The van der Waals surface area contributed by atoms with Gasteiger partial charge in [-0.1, -0.05) is 123 Å². The number of piperidine rings is 2. The Morgan fingerprint density at radius 2 is 0.911 bits per heavy atom. The van der Waals surface area contributed by atoms with E-state index in [-0.39, 0.29) is 17.5 Å². The number of nitrogens with zero attached hydrogens (tertiary/aromatic N) is 2. The van der Waals surface area contributed by atoms with Crippen LogP contribution in [0.2, 0.25) is 0 Å². The number of hydrogen-bond donors (Lipinski definition) is 2. The van der Waals surface area contributed by atoms with Crippen molar-refractivity contribution in [3.05, 3.63) is 143 Å². The SMILES string of the molecule is CC(C)(c1ccc(C2CC(c3ccccc3)CCN2C(=O)O)cc1)c1ccc(C2CC(c3ccccc3)CCN2C(=O)O)cc1. The van der Waals surface area contributed by atoms with Crippen LogP contribution in [0.5, 0.6) is 0 Å². The van der Waals surface area contributed by atoms with Gasteiger partial charge >= 0.3 is 12.2 Å². The largest absolute Gasteiger partial charge is 0.465 e. The minimum Gasteiger partial charge on any atom is -0.465 e. The normalized spacial score (nSPS) is 22.2. The van der Waals surface area contributed by atoms with Crippen LogP contribution in [0.15, 0.2) is 109 Å². The third-order valence-electron chi connectivity index (χ3n) is 10.3. The van der Waals surface area contributed by atoms with Crippen molar-refractivity contribution in [2.24, 2.45) is 0 Å². The zero-order chi connectivity index (χ0) is 31.6.